The highest BCUT2D eigenvalue weighted by atomic mass is 16.6. The van der Waals surface area contributed by atoms with E-state index in [0.717, 1.165) is 6.54 Å². The summed E-state index contributed by atoms with van der Waals surface area (Å²) >= 11 is 0. The molecule has 0 spiro atoms. The van der Waals surface area contributed by atoms with Crippen LogP contribution in [0.15, 0.2) is 18.2 Å². The first-order chi connectivity index (χ1) is 8.02. The van der Waals surface area contributed by atoms with Gasteiger partial charge in [0.1, 0.15) is 0 Å². The van der Waals surface area contributed by atoms with Gasteiger partial charge in [-0.1, -0.05) is 18.2 Å². The van der Waals surface area contributed by atoms with Gasteiger partial charge in [0.15, 0.2) is 0 Å². The molecule has 92 valence electrons. The van der Waals surface area contributed by atoms with Crippen molar-refractivity contribution in [2.75, 3.05) is 13.1 Å². The lowest BCUT2D eigenvalue weighted by atomic mass is 9.92. The summed E-state index contributed by atoms with van der Waals surface area (Å²) in [5.74, 6) is 0. The molecule has 0 saturated carbocycles. The normalized spacial score (nSPS) is 23.9. The lowest BCUT2D eigenvalue weighted by Crippen LogP contribution is -2.34. The molecular formula is C12H16N2O3. The van der Waals surface area contributed by atoms with Gasteiger partial charge in [0.2, 0.25) is 0 Å². The fourth-order valence-electron chi connectivity index (χ4n) is 2.36. The molecule has 1 heterocycles. The molecule has 0 radical (unpaired) electrons. The number of nitro benzene ring substituents is 1. The number of rotatable bonds is 3. The molecule has 1 unspecified atom stereocenters. The van der Waals surface area contributed by atoms with Gasteiger partial charge < -0.3 is 10.4 Å². The maximum absolute atomic E-state index is 11.0. The van der Waals surface area contributed by atoms with Gasteiger partial charge in [-0.3, -0.25) is 10.1 Å². The molecule has 5 heteroatoms. The predicted molar refractivity (Wildman–Crippen MR) is 64.0 cm³/mol. The minimum Gasteiger partial charge on any atom is -0.388 e. The van der Waals surface area contributed by atoms with Crippen LogP contribution in [0.2, 0.25) is 0 Å². The van der Waals surface area contributed by atoms with Crippen molar-refractivity contribution in [1.82, 2.24) is 5.32 Å². The van der Waals surface area contributed by atoms with Gasteiger partial charge in [0.05, 0.1) is 10.5 Å². The first-order valence-electron chi connectivity index (χ1n) is 5.68. The van der Waals surface area contributed by atoms with E-state index in [1.54, 1.807) is 25.1 Å². The number of para-hydroxylation sites is 1. The van der Waals surface area contributed by atoms with Crippen LogP contribution < -0.4 is 5.32 Å². The molecule has 1 aliphatic rings. The monoisotopic (exact) mass is 236 g/mol. The molecule has 0 amide bonds. The van der Waals surface area contributed by atoms with Crippen LogP contribution in [-0.2, 0) is 6.42 Å². The smallest absolute Gasteiger partial charge is 0.275 e. The lowest BCUT2D eigenvalue weighted by Gasteiger charge is -2.21. The Bertz CT molecular complexity index is 439. The first-order valence-corrected chi connectivity index (χ1v) is 5.68. The minimum absolute atomic E-state index is 0.132. The van der Waals surface area contributed by atoms with Crippen LogP contribution in [0.3, 0.4) is 0 Å². The highest BCUT2D eigenvalue weighted by Gasteiger charge is 2.33. The zero-order valence-electron chi connectivity index (χ0n) is 9.77. The Morgan fingerprint density at radius 1 is 1.59 bits per heavy atom. The molecule has 1 aliphatic heterocycles. The van der Waals surface area contributed by atoms with E-state index in [-0.39, 0.29) is 10.6 Å². The first kappa shape index (κ1) is 12.0. The molecule has 17 heavy (non-hydrogen) atoms. The van der Waals surface area contributed by atoms with E-state index in [0.29, 0.717) is 30.5 Å². The van der Waals surface area contributed by atoms with E-state index in [1.165, 1.54) is 0 Å². The summed E-state index contributed by atoms with van der Waals surface area (Å²) in [5.41, 5.74) is 0.537. The van der Waals surface area contributed by atoms with Crippen molar-refractivity contribution in [3.63, 3.8) is 0 Å². The van der Waals surface area contributed by atoms with E-state index in [4.69, 9.17) is 0 Å². The Morgan fingerprint density at radius 3 is 2.94 bits per heavy atom. The largest absolute Gasteiger partial charge is 0.388 e. The second-order valence-corrected chi connectivity index (χ2v) is 4.67. The van der Waals surface area contributed by atoms with Crippen LogP contribution in [0, 0.1) is 17.0 Å². The summed E-state index contributed by atoms with van der Waals surface area (Å²) in [5, 5.41) is 24.4. The van der Waals surface area contributed by atoms with Crippen molar-refractivity contribution in [3.05, 3.63) is 39.4 Å². The molecule has 5 nitrogen and oxygen atoms in total. The van der Waals surface area contributed by atoms with Crippen LogP contribution >= 0.6 is 0 Å². The van der Waals surface area contributed by atoms with Crippen molar-refractivity contribution in [2.45, 2.75) is 25.4 Å². The standard InChI is InChI=1S/C12H16N2O3/c1-9-3-2-4-10(11(9)14(16)17)7-12(15)5-6-13-8-12/h2-4,13,15H,5-8H2,1H3. The Hall–Kier alpha value is -1.46. The van der Waals surface area contributed by atoms with E-state index < -0.39 is 5.60 Å². The SMILES string of the molecule is Cc1cccc(CC2(O)CCNC2)c1[N+](=O)[O-]. The Balaban J connectivity index is 2.32. The predicted octanol–water partition coefficient (Wildman–Crippen LogP) is 1.17. The zero-order chi connectivity index (χ0) is 12.5. The van der Waals surface area contributed by atoms with E-state index in [1.807, 2.05) is 0 Å². The van der Waals surface area contributed by atoms with Crippen LogP contribution in [-0.4, -0.2) is 28.7 Å². The van der Waals surface area contributed by atoms with Gasteiger partial charge >= 0.3 is 0 Å². The number of hydrogen-bond donors (Lipinski definition) is 2. The summed E-state index contributed by atoms with van der Waals surface area (Å²) in [6.45, 7) is 2.98. The second-order valence-electron chi connectivity index (χ2n) is 4.67. The summed E-state index contributed by atoms with van der Waals surface area (Å²) in [4.78, 5) is 10.7. The average molecular weight is 236 g/mol. The second kappa shape index (κ2) is 4.43. The van der Waals surface area contributed by atoms with Crippen molar-refractivity contribution < 1.29 is 10.0 Å². The van der Waals surface area contributed by atoms with Gasteiger partial charge in [0.25, 0.3) is 5.69 Å². The summed E-state index contributed by atoms with van der Waals surface area (Å²) in [7, 11) is 0. The average Bonchev–Trinajstić information content (AvgIpc) is 2.64. The van der Waals surface area contributed by atoms with Gasteiger partial charge in [0, 0.05) is 24.1 Å². The number of β-amino-alcohol motifs (C(OH)–C–C–N with tert-alkyl or cyclic N) is 1. The van der Waals surface area contributed by atoms with Crippen molar-refractivity contribution in [3.8, 4) is 0 Å². The highest BCUT2D eigenvalue weighted by Crippen LogP contribution is 2.28. The molecule has 0 bridgehead atoms. The van der Waals surface area contributed by atoms with Crippen molar-refractivity contribution in [2.24, 2.45) is 0 Å². The number of nitrogens with one attached hydrogen (secondary N) is 1. The molecular weight excluding hydrogens is 220 g/mol. The molecule has 2 rings (SSSR count). The molecule has 0 aliphatic carbocycles. The number of benzene rings is 1. The number of hydrogen-bond acceptors (Lipinski definition) is 4. The Labute approximate surface area is 99.6 Å². The van der Waals surface area contributed by atoms with Gasteiger partial charge in [-0.25, -0.2) is 0 Å². The van der Waals surface area contributed by atoms with E-state index in [9.17, 15) is 15.2 Å². The molecule has 1 aromatic rings. The fraction of sp³-hybridized carbons (Fsp3) is 0.500. The van der Waals surface area contributed by atoms with Gasteiger partial charge in [-0.05, 0) is 19.9 Å². The topological polar surface area (TPSA) is 75.4 Å². The van der Waals surface area contributed by atoms with Crippen LogP contribution in [0.1, 0.15) is 17.5 Å². The Kier molecular flexibility index (Phi) is 3.13. The Morgan fingerprint density at radius 2 is 2.35 bits per heavy atom. The number of aryl methyl sites for hydroxylation is 1. The van der Waals surface area contributed by atoms with Crippen molar-refractivity contribution >= 4 is 5.69 Å². The third kappa shape index (κ3) is 2.45. The maximum Gasteiger partial charge on any atom is 0.275 e. The molecule has 2 N–H and O–H groups in total. The fourth-order valence-corrected chi connectivity index (χ4v) is 2.36. The molecule has 1 fully saturated rings. The number of nitro groups is 1. The number of aliphatic hydroxyl groups is 1. The van der Waals surface area contributed by atoms with Gasteiger partial charge in [-0.15, -0.1) is 0 Å². The van der Waals surface area contributed by atoms with Crippen LogP contribution in [0.4, 0.5) is 5.69 Å². The summed E-state index contributed by atoms with van der Waals surface area (Å²) in [6, 6.07) is 5.24. The molecule has 1 saturated heterocycles. The minimum atomic E-state index is -0.849. The third-order valence-electron chi connectivity index (χ3n) is 3.24. The lowest BCUT2D eigenvalue weighted by molar-refractivity contribution is -0.386. The quantitative estimate of drug-likeness (QED) is 0.610. The van der Waals surface area contributed by atoms with E-state index in [2.05, 4.69) is 5.32 Å². The maximum atomic E-state index is 11.0. The van der Waals surface area contributed by atoms with Crippen LogP contribution in [0.5, 0.6) is 0 Å². The molecule has 1 atom stereocenters. The van der Waals surface area contributed by atoms with Crippen molar-refractivity contribution in [1.29, 1.82) is 0 Å². The zero-order valence-corrected chi connectivity index (χ0v) is 9.77. The summed E-state index contributed by atoms with van der Waals surface area (Å²) in [6.07, 6.45) is 0.968. The molecule has 0 aromatic heterocycles. The third-order valence-corrected chi connectivity index (χ3v) is 3.24. The summed E-state index contributed by atoms with van der Waals surface area (Å²) < 4.78 is 0. The van der Waals surface area contributed by atoms with E-state index >= 15 is 0 Å². The van der Waals surface area contributed by atoms with Crippen LogP contribution in [0.25, 0.3) is 0 Å². The van der Waals surface area contributed by atoms with Gasteiger partial charge in [-0.2, -0.15) is 0 Å². The molecule has 1 aromatic carbocycles. The number of nitrogens with zero attached hydrogens (tertiary/aromatic N) is 1. The highest BCUT2D eigenvalue weighted by molar-refractivity contribution is 5.47.